The van der Waals surface area contributed by atoms with Crippen LogP contribution in [0.15, 0.2) is 16.5 Å². The van der Waals surface area contributed by atoms with Crippen LogP contribution in [0.3, 0.4) is 0 Å². The molecule has 2 heterocycles. The number of hydrogen-bond acceptors (Lipinski definition) is 4. The molecule has 0 aromatic carbocycles. The summed E-state index contributed by atoms with van der Waals surface area (Å²) in [5.74, 6) is 2.86. The predicted molar refractivity (Wildman–Crippen MR) is 82.6 cm³/mol. The number of nitrogens with one attached hydrogen (secondary N) is 1. The van der Waals surface area contributed by atoms with Gasteiger partial charge in [0.1, 0.15) is 11.5 Å². The van der Waals surface area contributed by atoms with E-state index < -0.39 is 0 Å². The van der Waals surface area contributed by atoms with E-state index in [1.54, 1.807) is 0 Å². The first-order valence-electron chi connectivity index (χ1n) is 7.77. The fourth-order valence-corrected chi connectivity index (χ4v) is 3.06. The maximum atomic E-state index is 5.91. The van der Waals surface area contributed by atoms with E-state index in [1.807, 2.05) is 0 Å². The van der Waals surface area contributed by atoms with Crippen molar-refractivity contribution in [3.63, 3.8) is 0 Å². The van der Waals surface area contributed by atoms with Crippen molar-refractivity contribution in [2.75, 3.05) is 33.7 Å². The average molecular weight is 279 g/mol. The number of nitrogens with zero attached hydrogens (tertiary/aromatic N) is 2. The summed E-state index contributed by atoms with van der Waals surface area (Å²) in [5.41, 5.74) is 0. The van der Waals surface area contributed by atoms with Gasteiger partial charge in [0.25, 0.3) is 0 Å². The van der Waals surface area contributed by atoms with Gasteiger partial charge in [-0.15, -0.1) is 0 Å². The van der Waals surface area contributed by atoms with Crippen LogP contribution in [0.4, 0.5) is 0 Å². The van der Waals surface area contributed by atoms with Gasteiger partial charge in [-0.05, 0) is 45.1 Å². The van der Waals surface area contributed by atoms with Gasteiger partial charge in [0.2, 0.25) is 0 Å². The molecule has 1 aromatic rings. The molecule has 1 fully saturated rings. The normalized spacial score (nSPS) is 23.9. The quantitative estimate of drug-likeness (QED) is 0.775. The van der Waals surface area contributed by atoms with E-state index in [0.29, 0.717) is 6.04 Å². The van der Waals surface area contributed by atoms with E-state index in [-0.39, 0.29) is 0 Å². The summed E-state index contributed by atoms with van der Waals surface area (Å²) in [5, 5.41) is 3.37. The SMILES string of the molecule is CCCNCc1ccc(CN2CC(C)C(N(C)C)C2)o1. The Morgan fingerprint density at radius 2 is 2.05 bits per heavy atom. The molecule has 2 unspecified atom stereocenters. The standard InChI is InChI=1S/C16H29N3O/c1-5-8-17-9-14-6-7-15(20-14)11-19-10-13(2)16(12-19)18(3)4/h6-7,13,16-17H,5,8-12H2,1-4H3. The van der Waals surface area contributed by atoms with Crippen molar-refractivity contribution in [1.82, 2.24) is 15.1 Å². The summed E-state index contributed by atoms with van der Waals surface area (Å²) in [6.07, 6.45) is 1.16. The van der Waals surface area contributed by atoms with E-state index in [2.05, 4.69) is 55.2 Å². The Hall–Kier alpha value is -0.840. The highest BCUT2D eigenvalue weighted by Gasteiger charge is 2.31. The molecule has 1 saturated heterocycles. The highest BCUT2D eigenvalue weighted by atomic mass is 16.3. The van der Waals surface area contributed by atoms with Crippen LogP contribution >= 0.6 is 0 Å². The maximum absolute atomic E-state index is 5.91. The Labute approximate surface area is 123 Å². The zero-order valence-electron chi connectivity index (χ0n) is 13.4. The van der Waals surface area contributed by atoms with Gasteiger partial charge in [-0.25, -0.2) is 0 Å². The molecular formula is C16H29N3O. The van der Waals surface area contributed by atoms with Crippen molar-refractivity contribution in [2.24, 2.45) is 5.92 Å². The molecule has 0 radical (unpaired) electrons. The van der Waals surface area contributed by atoms with Crippen LogP contribution in [0.5, 0.6) is 0 Å². The minimum Gasteiger partial charge on any atom is -0.463 e. The maximum Gasteiger partial charge on any atom is 0.118 e. The van der Waals surface area contributed by atoms with Crippen molar-refractivity contribution in [3.05, 3.63) is 23.7 Å². The average Bonchev–Trinajstić information content (AvgIpc) is 2.97. The summed E-state index contributed by atoms with van der Waals surface area (Å²) in [4.78, 5) is 4.84. The zero-order chi connectivity index (χ0) is 14.5. The van der Waals surface area contributed by atoms with Crippen molar-refractivity contribution in [1.29, 1.82) is 0 Å². The molecule has 4 nitrogen and oxygen atoms in total. The van der Waals surface area contributed by atoms with Crippen LogP contribution in [0.2, 0.25) is 0 Å². The molecule has 1 aromatic heterocycles. The molecule has 114 valence electrons. The number of rotatable bonds is 7. The Balaban J connectivity index is 1.82. The molecule has 0 aliphatic carbocycles. The highest BCUT2D eigenvalue weighted by molar-refractivity contribution is 5.07. The van der Waals surface area contributed by atoms with Gasteiger partial charge in [-0.2, -0.15) is 0 Å². The van der Waals surface area contributed by atoms with Crippen LogP contribution in [-0.2, 0) is 13.1 Å². The smallest absolute Gasteiger partial charge is 0.118 e. The van der Waals surface area contributed by atoms with Crippen molar-refractivity contribution < 1.29 is 4.42 Å². The van der Waals surface area contributed by atoms with E-state index >= 15 is 0 Å². The van der Waals surface area contributed by atoms with Crippen LogP contribution in [-0.4, -0.2) is 49.6 Å². The summed E-state index contributed by atoms with van der Waals surface area (Å²) in [7, 11) is 4.35. The Morgan fingerprint density at radius 1 is 1.30 bits per heavy atom. The lowest BCUT2D eigenvalue weighted by atomic mass is 10.1. The first-order valence-corrected chi connectivity index (χ1v) is 7.77. The fraction of sp³-hybridized carbons (Fsp3) is 0.750. The molecule has 20 heavy (non-hydrogen) atoms. The van der Waals surface area contributed by atoms with Gasteiger partial charge >= 0.3 is 0 Å². The van der Waals surface area contributed by atoms with Crippen LogP contribution < -0.4 is 5.32 Å². The molecule has 1 N–H and O–H groups in total. The molecule has 0 spiro atoms. The van der Waals surface area contributed by atoms with Crippen LogP contribution in [0.25, 0.3) is 0 Å². The van der Waals surface area contributed by atoms with E-state index in [9.17, 15) is 0 Å². The molecule has 2 atom stereocenters. The second-order valence-electron chi connectivity index (χ2n) is 6.25. The van der Waals surface area contributed by atoms with Gasteiger partial charge < -0.3 is 14.6 Å². The Kier molecular flexibility index (Phi) is 5.64. The summed E-state index contributed by atoms with van der Waals surface area (Å²) < 4.78 is 5.91. The topological polar surface area (TPSA) is 31.6 Å². The van der Waals surface area contributed by atoms with Crippen molar-refractivity contribution in [3.8, 4) is 0 Å². The monoisotopic (exact) mass is 279 g/mol. The van der Waals surface area contributed by atoms with E-state index in [4.69, 9.17) is 4.42 Å². The molecule has 0 saturated carbocycles. The summed E-state index contributed by atoms with van der Waals surface area (Å²) in [6.45, 7) is 9.63. The molecule has 1 aliphatic rings. The van der Waals surface area contributed by atoms with E-state index in [1.165, 1.54) is 0 Å². The Bertz CT molecular complexity index is 402. The predicted octanol–water partition coefficient (Wildman–Crippen LogP) is 2.16. The number of hydrogen-bond donors (Lipinski definition) is 1. The molecule has 2 rings (SSSR count). The Morgan fingerprint density at radius 3 is 2.70 bits per heavy atom. The van der Waals surface area contributed by atoms with Gasteiger partial charge in [0.05, 0.1) is 13.1 Å². The third kappa shape index (κ3) is 4.08. The lowest BCUT2D eigenvalue weighted by Crippen LogP contribution is -2.34. The first kappa shape index (κ1) is 15.5. The summed E-state index contributed by atoms with van der Waals surface area (Å²) in [6, 6.07) is 4.88. The summed E-state index contributed by atoms with van der Waals surface area (Å²) >= 11 is 0. The van der Waals surface area contributed by atoms with E-state index in [0.717, 1.165) is 56.6 Å². The zero-order valence-corrected chi connectivity index (χ0v) is 13.4. The molecule has 1 aliphatic heterocycles. The second-order valence-corrected chi connectivity index (χ2v) is 6.25. The number of furan rings is 1. The van der Waals surface area contributed by atoms with Gasteiger partial charge in [-0.3, -0.25) is 4.90 Å². The van der Waals surface area contributed by atoms with Crippen LogP contribution in [0.1, 0.15) is 31.8 Å². The lowest BCUT2D eigenvalue weighted by Gasteiger charge is -2.22. The largest absolute Gasteiger partial charge is 0.463 e. The number of likely N-dealkylation sites (tertiary alicyclic amines) is 1. The second kappa shape index (κ2) is 7.25. The van der Waals surface area contributed by atoms with Crippen molar-refractivity contribution >= 4 is 0 Å². The van der Waals surface area contributed by atoms with Gasteiger partial charge in [-0.1, -0.05) is 13.8 Å². The van der Waals surface area contributed by atoms with Crippen LogP contribution in [0, 0.1) is 5.92 Å². The molecule has 0 amide bonds. The lowest BCUT2D eigenvalue weighted by molar-refractivity contribution is 0.242. The van der Waals surface area contributed by atoms with Crippen molar-refractivity contribution in [2.45, 2.75) is 39.4 Å². The molecule has 4 heteroatoms. The fourth-order valence-electron chi connectivity index (χ4n) is 3.06. The highest BCUT2D eigenvalue weighted by Crippen LogP contribution is 2.22. The molecular weight excluding hydrogens is 250 g/mol. The third-order valence-corrected chi connectivity index (χ3v) is 4.13. The minimum atomic E-state index is 0.663. The molecule has 0 bridgehead atoms. The third-order valence-electron chi connectivity index (χ3n) is 4.13. The minimum absolute atomic E-state index is 0.663. The van der Waals surface area contributed by atoms with Gasteiger partial charge in [0.15, 0.2) is 0 Å². The first-order chi connectivity index (χ1) is 9.60. The number of likely N-dealkylation sites (N-methyl/N-ethyl adjacent to an activating group) is 1. The van der Waals surface area contributed by atoms with Gasteiger partial charge in [0, 0.05) is 19.1 Å².